The van der Waals surface area contributed by atoms with Crippen LogP contribution in [0.2, 0.25) is 0 Å². The van der Waals surface area contributed by atoms with E-state index >= 15 is 0 Å². The Morgan fingerprint density at radius 2 is 2.09 bits per heavy atom. The predicted octanol–water partition coefficient (Wildman–Crippen LogP) is 4.46. The number of nitrogens with zero attached hydrogens (tertiary/aromatic N) is 1. The number of thiophene rings is 1. The zero-order valence-electron chi connectivity index (χ0n) is 12.7. The van der Waals surface area contributed by atoms with Gasteiger partial charge in [-0.15, -0.1) is 23.1 Å². The molecule has 2 aromatic heterocycles. The van der Waals surface area contributed by atoms with Crippen molar-refractivity contribution in [3.05, 3.63) is 71.2 Å². The summed E-state index contributed by atoms with van der Waals surface area (Å²) in [5.41, 5.74) is 2.70. The van der Waals surface area contributed by atoms with Crippen molar-refractivity contribution in [2.24, 2.45) is 0 Å². The van der Waals surface area contributed by atoms with E-state index in [0.717, 1.165) is 21.0 Å². The van der Waals surface area contributed by atoms with Crippen molar-refractivity contribution in [3.8, 4) is 10.6 Å². The molecule has 3 rings (SSSR count). The van der Waals surface area contributed by atoms with Crippen LogP contribution in [0.5, 0.6) is 0 Å². The molecule has 0 atom stereocenters. The molecule has 0 fully saturated rings. The second-order valence-electron chi connectivity index (χ2n) is 4.91. The lowest BCUT2D eigenvalue weighted by atomic mass is 10.2. The van der Waals surface area contributed by atoms with Gasteiger partial charge in [-0.05, 0) is 47.5 Å². The first-order valence-electron chi connectivity index (χ1n) is 7.18. The molecule has 0 aliphatic rings. The van der Waals surface area contributed by atoms with Crippen LogP contribution in [0.3, 0.4) is 0 Å². The van der Waals surface area contributed by atoms with Gasteiger partial charge in [0.25, 0.3) is 5.91 Å². The molecule has 0 aliphatic heterocycles. The maximum absolute atomic E-state index is 12.4. The lowest BCUT2D eigenvalue weighted by molar-refractivity contribution is 0.0948. The van der Waals surface area contributed by atoms with E-state index in [0.29, 0.717) is 12.1 Å². The minimum Gasteiger partial charge on any atom is -0.348 e. The molecule has 1 N–H and O–H groups in total. The number of carbonyl (C=O) groups is 1. The molecule has 3 nitrogen and oxygen atoms in total. The van der Waals surface area contributed by atoms with Crippen molar-refractivity contribution in [2.75, 3.05) is 6.26 Å². The van der Waals surface area contributed by atoms with Crippen molar-refractivity contribution < 1.29 is 4.79 Å². The minimum atomic E-state index is -0.0514. The van der Waals surface area contributed by atoms with Gasteiger partial charge in [-0.3, -0.25) is 9.78 Å². The predicted molar refractivity (Wildman–Crippen MR) is 96.9 cm³/mol. The van der Waals surface area contributed by atoms with Crippen molar-refractivity contribution in [2.45, 2.75) is 11.4 Å². The lowest BCUT2D eigenvalue weighted by Crippen LogP contribution is -2.23. The van der Waals surface area contributed by atoms with E-state index in [1.165, 1.54) is 0 Å². The SMILES string of the molecule is CSc1ccccc1C(=O)NCc1ccnc(-c2cccs2)c1. The summed E-state index contributed by atoms with van der Waals surface area (Å²) in [4.78, 5) is 18.9. The average molecular weight is 340 g/mol. The summed E-state index contributed by atoms with van der Waals surface area (Å²) in [5, 5.41) is 5.02. The number of amides is 1. The van der Waals surface area contributed by atoms with Gasteiger partial charge in [-0.1, -0.05) is 18.2 Å². The van der Waals surface area contributed by atoms with E-state index in [1.807, 2.05) is 60.2 Å². The van der Waals surface area contributed by atoms with Gasteiger partial charge in [0.15, 0.2) is 0 Å². The number of thioether (sulfide) groups is 1. The van der Waals surface area contributed by atoms with E-state index in [9.17, 15) is 4.79 Å². The van der Waals surface area contributed by atoms with Gasteiger partial charge < -0.3 is 5.32 Å². The Hall–Kier alpha value is -2.11. The zero-order chi connectivity index (χ0) is 16.1. The third-order valence-corrected chi connectivity index (χ3v) is 5.09. The third kappa shape index (κ3) is 3.81. The normalized spacial score (nSPS) is 10.5. The van der Waals surface area contributed by atoms with Gasteiger partial charge in [-0.25, -0.2) is 0 Å². The van der Waals surface area contributed by atoms with Crippen LogP contribution in [0.15, 0.2) is 65.0 Å². The highest BCUT2D eigenvalue weighted by molar-refractivity contribution is 7.98. The highest BCUT2D eigenvalue weighted by Gasteiger charge is 2.10. The fourth-order valence-electron chi connectivity index (χ4n) is 2.25. The molecule has 0 bridgehead atoms. The number of rotatable bonds is 5. The highest BCUT2D eigenvalue weighted by Crippen LogP contribution is 2.23. The Morgan fingerprint density at radius 3 is 2.87 bits per heavy atom. The van der Waals surface area contributed by atoms with Crippen molar-refractivity contribution >= 4 is 29.0 Å². The monoisotopic (exact) mass is 340 g/mol. The second-order valence-corrected chi connectivity index (χ2v) is 6.71. The summed E-state index contributed by atoms with van der Waals surface area (Å²) in [6, 6.07) is 15.6. The summed E-state index contributed by atoms with van der Waals surface area (Å²) in [6.07, 6.45) is 3.76. The number of nitrogens with one attached hydrogen (secondary N) is 1. The highest BCUT2D eigenvalue weighted by atomic mass is 32.2. The molecule has 0 saturated carbocycles. The second kappa shape index (κ2) is 7.44. The molecule has 5 heteroatoms. The molecule has 0 radical (unpaired) electrons. The quantitative estimate of drug-likeness (QED) is 0.697. The maximum Gasteiger partial charge on any atom is 0.252 e. The third-order valence-electron chi connectivity index (χ3n) is 3.40. The molecule has 1 amide bonds. The van der Waals surface area contributed by atoms with Gasteiger partial charge >= 0.3 is 0 Å². The van der Waals surface area contributed by atoms with E-state index in [2.05, 4.69) is 10.3 Å². The van der Waals surface area contributed by atoms with Gasteiger partial charge in [0, 0.05) is 17.6 Å². The molecule has 23 heavy (non-hydrogen) atoms. The molecule has 0 saturated heterocycles. The molecule has 116 valence electrons. The maximum atomic E-state index is 12.4. The number of pyridine rings is 1. The summed E-state index contributed by atoms with van der Waals surface area (Å²) < 4.78 is 0. The van der Waals surface area contributed by atoms with Crippen LogP contribution in [-0.4, -0.2) is 17.1 Å². The van der Waals surface area contributed by atoms with E-state index in [4.69, 9.17) is 0 Å². The number of carbonyl (C=O) groups excluding carboxylic acids is 1. The largest absolute Gasteiger partial charge is 0.348 e. The number of aromatic nitrogens is 1. The first kappa shape index (κ1) is 15.8. The fourth-order valence-corrected chi connectivity index (χ4v) is 3.54. The van der Waals surface area contributed by atoms with Crippen molar-refractivity contribution in [1.29, 1.82) is 0 Å². The van der Waals surface area contributed by atoms with E-state index < -0.39 is 0 Å². The summed E-state index contributed by atoms with van der Waals surface area (Å²) >= 11 is 3.23. The first-order chi connectivity index (χ1) is 11.3. The fraction of sp³-hybridized carbons (Fsp3) is 0.111. The van der Waals surface area contributed by atoms with Crippen LogP contribution in [0.1, 0.15) is 15.9 Å². The molecule has 0 aliphatic carbocycles. The number of benzene rings is 1. The van der Waals surface area contributed by atoms with E-state index in [1.54, 1.807) is 29.3 Å². The van der Waals surface area contributed by atoms with Crippen molar-refractivity contribution in [1.82, 2.24) is 10.3 Å². The first-order valence-corrected chi connectivity index (χ1v) is 9.28. The molecular weight excluding hydrogens is 324 g/mol. The van der Waals surface area contributed by atoms with Crippen molar-refractivity contribution in [3.63, 3.8) is 0 Å². The molecule has 1 aromatic carbocycles. The van der Waals surface area contributed by atoms with Gasteiger partial charge in [0.2, 0.25) is 0 Å². The Kier molecular flexibility index (Phi) is 5.10. The molecule has 3 aromatic rings. The standard InChI is InChI=1S/C18H16N2OS2/c1-22-16-6-3-2-5-14(16)18(21)20-12-13-8-9-19-15(11-13)17-7-4-10-23-17/h2-11H,12H2,1H3,(H,20,21). The molecule has 0 unspecified atom stereocenters. The zero-order valence-corrected chi connectivity index (χ0v) is 14.3. The average Bonchev–Trinajstić information content (AvgIpc) is 3.14. The van der Waals surface area contributed by atoms with Gasteiger partial charge in [-0.2, -0.15) is 0 Å². The van der Waals surface area contributed by atoms with Gasteiger partial charge in [0.1, 0.15) is 0 Å². The van der Waals surface area contributed by atoms with Crippen LogP contribution in [0.25, 0.3) is 10.6 Å². The lowest BCUT2D eigenvalue weighted by Gasteiger charge is -2.09. The Balaban J connectivity index is 1.71. The number of hydrogen-bond acceptors (Lipinski definition) is 4. The molecule has 0 spiro atoms. The van der Waals surface area contributed by atoms with Crippen LogP contribution in [0.4, 0.5) is 0 Å². The smallest absolute Gasteiger partial charge is 0.252 e. The molecule has 2 heterocycles. The Morgan fingerprint density at radius 1 is 1.22 bits per heavy atom. The summed E-state index contributed by atoms with van der Waals surface area (Å²) in [5.74, 6) is -0.0514. The number of hydrogen-bond donors (Lipinski definition) is 1. The molecular formula is C18H16N2OS2. The summed E-state index contributed by atoms with van der Waals surface area (Å²) in [7, 11) is 0. The Labute approximate surface area is 143 Å². The van der Waals surface area contributed by atoms with Gasteiger partial charge in [0.05, 0.1) is 16.1 Å². The minimum absolute atomic E-state index is 0.0514. The van der Waals surface area contributed by atoms with Crippen LogP contribution in [0, 0.1) is 0 Å². The van der Waals surface area contributed by atoms with E-state index in [-0.39, 0.29) is 5.91 Å². The summed E-state index contributed by atoms with van der Waals surface area (Å²) in [6.45, 7) is 0.489. The van der Waals surface area contributed by atoms with Crippen LogP contribution < -0.4 is 5.32 Å². The van der Waals surface area contributed by atoms with Crippen LogP contribution in [-0.2, 0) is 6.54 Å². The topological polar surface area (TPSA) is 42.0 Å². The van der Waals surface area contributed by atoms with Crippen LogP contribution >= 0.6 is 23.1 Å². The Bertz CT molecular complexity index is 800.